The number of fused-ring (bicyclic) bond motifs is 1. The maximum absolute atomic E-state index is 13.3. The van der Waals surface area contributed by atoms with Crippen LogP contribution in [0.3, 0.4) is 0 Å². The van der Waals surface area contributed by atoms with Gasteiger partial charge in [-0.3, -0.25) is 14.4 Å². The number of rotatable bonds is 7. The minimum absolute atomic E-state index is 0.0246. The van der Waals surface area contributed by atoms with Gasteiger partial charge in [0.1, 0.15) is 5.76 Å². The fourth-order valence-electron chi connectivity index (χ4n) is 4.23. The maximum Gasteiger partial charge on any atom is 0.332 e. The van der Waals surface area contributed by atoms with Crippen LogP contribution in [0, 0.1) is 0 Å². The first-order chi connectivity index (χ1) is 15.3. The molecule has 0 fully saturated rings. The second kappa shape index (κ2) is 9.22. The molecule has 0 aliphatic heterocycles. The molecule has 0 saturated heterocycles. The van der Waals surface area contributed by atoms with Gasteiger partial charge in [0.25, 0.3) is 0 Å². The summed E-state index contributed by atoms with van der Waals surface area (Å²) in [5.74, 6) is -2.19. The van der Waals surface area contributed by atoms with E-state index in [0.29, 0.717) is 22.3 Å². The van der Waals surface area contributed by atoms with Crippen molar-refractivity contribution in [3.63, 3.8) is 0 Å². The van der Waals surface area contributed by atoms with Crippen LogP contribution in [0.15, 0.2) is 65.7 Å². The Kier molecular flexibility index (Phi) is 6.63. The van der Waals surface area contributed by atoms with Gasteiger partial charge in [0.2, 0.25) is 5.41 Å². The summed E-state index contributed by atoms with van der Waals surface area (Å²) in [6.07, 6.45) is 0. The third-order valence-corrected chi connectivity index (χ3v) is 5.59. The second-order valence-corrected chi connectivity index (χ2v) is 7.38. The number of ketones is 1. The number of esters is 2. The number of carbonyl (C=O) groups excluding carboxylic acids is 3. The molecule has 0 aromatic heterocycles. The fraction of sp³-hybridized carbons (Fsp3) is 0.269. The highest BCUT2D eigenvalue weighted by molar-refractivity contribution is 6.22. The summed E-state index contributed by atoms with van der Waals surface area (Å²) >= 11 is 0. The molecule has 6 nitrogen and oxygen atoms in total. The number of hydrogen-bond acceptors (Lipinski definition) is 6. The van der Waals surface area contributed by atoms with Crippen LogP contribution in [-0.2, 0) is 29.3 Å². The smallest absolute Gasteiger partial charge is 0.332 e. The number of carbonyl (C=O) groups is 3. The topological polar surface area (TPSA) is 89.9 Å². The van der Waals surface area contributed by atoms with Gasteiger partial charge in [-0.15, -0.1) is 0 Å². The van der Waals surface area contributed by atoms with Crippen molar-refractivity contribution in [3.05, 3.63) is 82.4 Å². The van der Waals surface area contributed by atoms with Gasteiger partial charge in [-0.05, 0) is 50.0 Å². The molecular formula is C26H26O6. The van der Waals surface area contributed by atoms with Crippen LogP contribution in [0.1, 0.15) is 44.4 Å². The molecule has 0 amide bonds. The van der Waals surface area contributed by atoms with E-state index in [0.717, 1.165) is 0 Å². The van der Waals surface area contributed by atoms with Crippen molar-refractivity contribution in [2.45, 2.75) is 33.1 Å². The lowest BCUT2D eigenvalue weighted by molar-refractivity contribution is -0.162. The van der Waals surface area contributed by atoms with E-state index >= 15 is 0 Å². The van der Waals surface area contributed by atoms with E-state index in [-0.39, 0.29) is 30.1 Å². The van der Waals surface area contributed by atoms with E-state index in [9.17, 15) is 19.5 Å². The van der Waals surface area contributed by atoms with Crippen LogP contribution in [0.25, 0.3) is 11.3 Å². The van der Waals surface area contributed by atoms with Gasteiger partial charge < -0.3 is 14.6 Å². The van der Waals surface area contributed by atoms with Crippen LogP contribution < -0.4 is 0 Å². The average Bonchev–Trinajstić information content (AvgIpc) is 3.04. The van der Waals surface area contributed by atoms with Gasteiger partial charge in [0, 0.05) is 5.56 Å². The lowest BCUT2D eigenvalue weighted by Gasteiger charge is -2.27. The normalized spacial score (nSPS) is 15.0. The van der Waals surface area contributed by atoms with Gasteiger partial charge in [-0.2, -0.15) is 0 Å². The Morgan fingerprint density at radius 2 is 1.41 bits per heavy atom. The van der Waals surface area contributed by atoms with Gasteiger partial charge in [-0.25, -0.2) is 0 Å². The van der Waals surface area contributed by atoms with Crippen molar-refractivity contribution in [1.82, 2.24) is 0 Å². The van der Waals surface area contributed by atoms with E-state index < -0.39 is 23.1 Å². The summed E-state index contributed by atoms with van der Waals surface area (Å²) in [6.45, 7) is 6.38. The van der Waals surface area contributed by atoms with Gasteiger partial charge in [0.15, 0.2) is 5.78 Å². The van der Waals surface area contributed by atoms with Crippen molar-refractivity contribution in [1.29, 1.82) is 0 Å². The van der Waals surface area contributed by atoms with Crippen molar-refractivity contribution in [2.24, 2.45) is 0 Å². The zero-order chi connectivity index (χ0) is 23.5. The Morgan fingerprint density at radius 3 is 1.94 bits per heavy atom. The molecule has 0 unspecified atom stereocenters. The highest BCUT2D eigenvalue weighted by Crippen LogP contribution is 2.51. The Balaban J connectivity index is 2.43. The van der Waals surface area contributed by atoms with E-state index in [1.807, 2.05) is 0 Å². The molecule has 0 heterocycles. The summed E-state index contributed by atoms with van der Waals surface area (Å²) in [5.41, 5.74) is 0.0776. The summed E-state index contributed by atoms with van der Waals surface area (Å²) in [4.78, 5) is 39.4. The van der Waals surface area contributed by atoms with Gasteiger partial charge in [-0.1, -0.05) is 54.6 Å². The van der Waals surface area contributed by atoms with Gasteiger partial charge in [0.05, 0.1) is 18.8 Å². The summed E-state index contributed by atoms with van der Waals surface area (Å²) in [6, 6.07) is 15.5. The standard InChI is InChI=1S/C26H26O6/c1-5-31-24(29)26(25(30)32-6-2)16(3)21(19-14-10-11-15-20(19)26)22(17(4)27)23(28)18-12-8-7-9-13-18/h7-15,28H,5-6H2,1-4H3/b23-22-. The molecule has 0 atom stereocenters. The minimum Gasteiger partial charge on any atom is -0.507 e. The summed E-state index contributed by atoms with van der Waals surface area (Å²) in [5, 5.41) is 11.1. The molecule has 0 radical (unpaired) electrons. The maximum atomic E-state index is 13.3. The predicted molar refractivity (Wildman–Crippen MR) is 121 cm³/mol. The van der Waals surface area contributed by atoms with Crippen LogP contribution in [0.5, 0.6) is 0 Å². The molecule has 2 aromatic carbocycles. The Morgan fingerprint density at radius 1 is 0.875 bits per heavy atom. The molecule has 2 aromatic rings. The lowest BCUT2D eigenvalue weighted by Crippen LogP contribution is -2.46. The molecule has 32 heavy (non-hydrogen) atoms. The van der Waals surface area contributed by atoms with E-state index in [1.54, 1.807) is 75.4 Å². The third-order valence-electron chi connectivity index (χ3n) is 5.59. The SMILES string of the molecule is CCOC(=O)C1(C(=O)OCC)C(C)=C(/C(C(C)=O)=C(\O)c2ccccc2)c2ccccc21. The van der Waals surface area contributed by atoms with Crippen molar-refractivity contribution in [3.8, 4) is 0 Å². The predicted octanol–water partition coefficient (Wildman–Crippen LogP) is 4.40. The molecule has 6 heteroatoms. The molecular weight excluding hydrogens is 408 g/mol. The number of aliphatic hydroxyl groups excluding tert-OH is 1. The quantitative estimate of drug-likeness (QED) is 0.301. The first kappa shape index (κ1) is 23.0. The summed E-state index contributed by atoms with van der Waals surface area (Å²) in [7, 11) is 0. The number of hydrogen-bond donors (Lipinski definition) is 1. The van der Waals surface area contributed by atoms with Crippen LogP contribution in [0.2, 0.25) is 0 Å². The number of Topliss-reactive ketones (excluding diaryl/α,β-unsaturated/α-hetero) is 1. The monoisotopic (exact) mass is 434 g/mol. The van der Waals surface area contributed by atoms with Crippen LogP contribution in [-0.4, -0.2) is 36.0 Å². The number of aliphatic hydroxyl groups is 1. The first-order valence-electron chi connectivity index (χ1n) is 10.5. The van der Waals surface area contributed by atoms with E-state index in [4.69, 9.17) is 9.47 Å². The molecule has 1 N–H and O–H groups in total. The Hall–Kier alpha value is -3.67. The highest BCUT2D eigenvalue weighted by Gasteiger charge is 2.58. The second-order valence-electron chi connectivity index (χ2n) is 7.38. The van der Waals surface area contributed by atoms with Gasteiger partial charge >= 0.3 is 11.9 Å². The molecule has 1 aliphatic rings. The Bertz CT molecular complexity index is 1110. The van der Waals surface area contributed by atoms with E-state index in [2.05, 4.69) is 0 Å². The first-order valence-corrected chi connectivity index (χ1v) is 10.5. The van der Waals surface area contributed by atoms with Crippen LogP contribution in [0.4, 0.5) is 0 Å². The molecule has 1 aliphatic carbocycles. The zero-order valence-electron chi connectivity index (χ0n) is 18.6. The Labute approximate surface area is 187 Å². The lowest BCUT2D eigenvalue weighted by atomic mass is 9.77. The van der Waals surface area contributed by atoms with Crippen molar-refractivity contribution < 1.29 is 29.0 Å². The highest BCUT2D eigenvalue weighted by atomic mass is 16.6. The number of allylic oxidation sites excluding steroid dienone is 2. The minimum atomic E-state index is -1.87. The number of benzene rings is 2. The molecule has 0 spiro atoms. The zero-order valence-corrected chi connectivity index (χ0v) is 18.6. The molecule has 3 rings (SSSR count). The molecule has 0 saturated carbocycles. The largest absolute Gasteiger partial charge is 0.507 e. The van der Waals surface area contributed by atoms with Crippen molar-refractivity contribution >= 4 is 29.1 Å². The fourth-order valence-corrected chi connectivity index (χ4v) is 4.23. The van der Waals surface area contributed by atoms with Crippen LogP contribution >= 0.6 is 0 Å². The summed E-state index contributed by atoms with van der Waals surface area (Å²) < 4.78 is 10.6. The van der Waals surface area contributed by atoms with Crippen molar-refractivity contribution in [2.75, 3.05) is 13.2 Å². The number of ether oxygens (including phenoxy) is 2. The average molecular weight is 434 g/mol. The molecule has 166 valence electrons. The molecule has 0 bridgehead atoms. The third kappa shape index (κ3) is 3.51. The van der Waals surface area contributed by atoms with E-state index in [1.165, 1.54) is 6.92 Å².